The second-order valence-electron chi connectivity index (χ2n) is 5.82. The van der Waals surface area contributed by atoms with Gasteiger partial charge < -0.3 is 0 Å². The van der Waals surface area contributed by atoms with E-state index in [-0.39, 0.29) is 23.9 Å². The number of carbonyl (C=O) groups is 1. The molecule has 0 amide bonds. The molecule has 0 aliphatic heterocycles. The van der Waals surface area contributed by atoms with Crippen LogP contribution in [0.3, 0.4) is 0 Å². The molecule has 2 aliphatic carbocycles. The average Bonchev–Trinajstić information content (AvgIpc) is 2.49. The molecule has 0 aromatic rings. The summed E-state index contributed by atoms with van der Waals surface area (Å²) in [6, 6.07) is 0.148. The molecule has 0 heterocycles. The molecule has 0 saturated heterocycles. The summed E-state index contributed by atoms with van der Waals surface area (Å²) in [5.74, 6) is 0.658. The van der Waals surface area contributed by atoms with Crippen LogP contribution >= 0.6 is 0 Å². The molecule has 108 valence electrons. The lowest BCUT2D eigenvalue weighted by molar-refractivity contribution is -0.128. The van der Waals surface area contributed by atoms with Crippen molar-refractivity contribution in [1.29, 1.82) is 0 Å². The Hall–Kier alpha value is -1.71. The van der Waals surface area contributed by atoms with Crippen LogP contribution in [-0.4, -0.2) is 17.9 Å². The zero-order valence-corrected chi connectivity index (χ0v) is 11.6. The van der Waals surface area contributed by atoms with E-state index < -0.39 is 0 Å². The minimum atomic E-state index is 0.0738. The summed E-state index contributed by atoms with van der Waals surface area (Å²) in [6.45, 7) is 0. The Labute approximate surface area is 118 Å². The number of azide groups is 2. The largest absolute Gasteiger partial charge is 0.299 e. The molecule has 20 heavy (non-hydrogen) atoms. The zero-order chi connectivity index (χ0) is 14.4. The number of rotatable bonds is 4. The summed E-state index contributed by atoms with van der Waals surface area (Å²) in [6.07, 6.45) is 6.70. The maximum Gasteiger partial charge on any atom is 0.139 e. The van der Waals surface area contributed by atoms with Crippen LogP contribution in [0.5, 0.6) is 0 Å². The van der Waals surface area contributed by atoms with E-state index in [0.717, 1.165) is 51.4 Å². The van der Waals surface area contributed by atoms with E-state index in [9.17, 15) is 4.79 Å². The Morgan fingerprint density at radius 3 is 1.40 bits per heavy atom. The smallest absolute Gasteiger partial charge is 0.139 e. The summed E-state index contributed by atoms with van der Waals surface area (Å²) in [7, 11) is 0. The van der Waals surface area contributed by atoms with Crippen LogP contribution in [0.4, 0.5) is 0 Å². The molecule has 2 fully saturated rings. The van der Waals surface area contributed by atoms with Gasteiger partial charge in [0.05, 0.1) is 0 Å². The molecule has 2 saturated carbocycles. The van der Waals surface area contributed by atoms with Crippen LogP contribution in [0.1, 0.15) is 51.4 Å². The van der Waals surface area contributed by atoms with Gasteiger partial charge in [-0.2, -0.15) is 0 Å². The van der Waals surface area contributed by atoms with E-state index in [2.05, 4.69) is 20.1 Å². The lowest BCUT2D eigenvalue weighted by Crippen LogP contribution is -2.31. The summed E-state index contributed by atoms with van der Waals surface area (Å²) >= 11 is 0. The van der Waals surface area contributed by atoms with E-state index in [4.69, 9.17) is 11.1 Å². The van der Waals surface area contributed by atoms with Gasteiger partial charge in [0, 0.05) is 33.7 Å². The van der Waals surface area contributed by atoms with Crippen molar-refractivity contribution < 1.29 is 4.79 Å². The van der Waals surface area contributed by atoms with Gasteiger partial charge in [-0.05, 0) is 62.4 Å². The van der Waals surface area contributed by atoms with Gasteiger partial charge >= 0.3 is 0 Å². The average molecular weight is 276 g/mol. The number of hydrogen-bond acceptors (Lipinski definition) is 3. The highest BCUT2D eigenvalue weighted by molar-refractivity contribution is 5.83. The van der Waals surface area contributed by atoms with E-state index in [1.165, 1.54) is 0 Å². The van der Waals surface area contributed by atoms with Crippen molar-refractivity contribution in [2.45, 2.75) is 63.5 Å². The SMILES string of the molecule is [N-]=[N+]=NC1CCC(C(=O)C2CCC(N=[N+]=[N-])CC2)CC1. The molecular weight excluding hydrogens is 256 g/mol. The number of carbonyl (C=O) groups excluding carboxylic acids is 1. The maximum atomic E-state index is 12.5. The van der Waals surface area contributed by atoms with Crippen molar-refractivity contribution in [2.75, 3.05) is 0 Å². The molecule has 0 bridgehead atoms. The highest BCUT2D eigenvalue weighted by Gasteiger charge is 2.32. The first-order valence-corrected chi connectivity index (χ1v) is 7.36. The van der Waals surface area contributed by atoms with Crippen LogP contribution in [0, 0.1) is 11.8 Å². The normalized spacial score (nSPS) is 33.6. The standard InChI is InChI=1S/C13H20N6O/c14-18-16-11-5-1-9(2-6-11)13(20)10-3-7-12(8-4-10)17-19-15/h9-12H,1-8H2. The second-order valence-corrected chi connectivity index (χ2v) is 5.82. The van der Waals surface area contributed by atoms with Gasteiger partial charge in [0.25, 0.3) is 0 Å². The third-order valence-corrected chi connectivity index (χ3v) is 4.63. The Morgan fingerprint density at radius 2 is 1.10 bits per heavy atom. The lowest BCUT2D eigenvalue weighted by atomic mass is 9.75. The molecule has 2 aliphatic rings. The third-order valence-electron chi connectivity index (χ3n) is 4.63. The van der Waals surface area contributed by atoms with Gasteiger partial charge in [0.2, 0.25) is 0 Å². The zero-order valence-electron chi connectivity index (χ0n) is 11.6. The first-order valence-electron chi connectivity index (χ1n) is 7.36. The molecule has 7 nitrogen and oxygen atoms in total. The van der Waals surface area contributed by atoms with Crippen molar-refractivity contribution in [3.63, 3.8) is 0 Å². The molecule has 0 atom stereocenters. The Bertz CT molecular complexity index is 396. The van der Waals surface area contributed by atoms with Crippen molar-refractivity contribution >= 4 is 5.78 Å². The van der Waals surface area contributed by atoms with Gasteiger partial charge in [0.15, 0.2) is 0 Å². The van der Waals surface area contributed by atoms with Gasteiger partial charge in [-0.3, -0.25) is 4.79 Å². The van der Waals surface area contributed by atoms with Gasteiger partial charge in [-0.1, -0.05) is 10.2 Å². The van der Waals surface area contributed by atoms with Crippen LogP contribution in [0.25, 0.3) is 20.9 Å². The molecule has 0 N–H and O–H groups in total. The molecule has 0 aromatic heterocycles. The van der Waals surface area contributed by atoms with Gasteiger partial charge in [-0.15, -0.1) is 0 Å². The van der Waals surface area contributed by atoms with E-state index in [1.807, 2.05) is 0 Å². The van der Waals surface area contributed by atoms with Gasteiger partial charge in [-0.25, -0.2) is 0 Å². The summed E-state index contributed by atoms with van der Waals surface area (Å²) in [5, 5.41) is 7.49. The second kappa shape index (κ2) is 7.17. The molecule has 2 rings (SSSR count). The van der Waals surface area contributed by atoms with Crippen molar-refractivity contribution in [2.24, 2.45) is 22.1 Å². The van der Waals surface area contributed by atoms with Crippen LogP contribution in [-0.2, 0) is 4.79 Å². The Balaban J connectivity index is 1.81. The third kappa shape index (κ3) is 3.65. The number of hydrogen-bond donors (Lipinski definition) is 0. The minimum Gasteiger partial charge on any atom is -0.299 e. The van der Waals surface area contributed by atoms with Crippen LogP contribution < -0.4 is 0 Å². The Kier molecular flexibility index (Phi) is 5.27. The highest BCUT2D eigenvalue weighted by Crippen LogP contribution is 2.34. The van der Waals surface area contributed by atoms with E-state index in [1.54, 1.807) is 0 Å². The highest BCUT2D eigenvalue weighted by atomic mass is 16.1. The molecule has 0 unspecified atom stereocenters. The fourth-order valence-corrected chi connectivity index (χ4v) is 3.43. The first kappa shape index (κ1) is 14.7. The fourth-order valence-electron chi connectivity index (χ4n) is 3.43. The fraction of sp³-hybridized carbons (Fsp3) is 0.923. The van der Waals surface area contributed by atoms with Crippen molar-refractivity contribution in [3.05, 3.63) is 20.9 Å². The molecule has 0 radical (unpaired) electrons. The van der Waals surface area contributed by atoms with Crippen molar-refractivity contribution in [3.8, 4) is 0 Å². The van der Waals surface area contributed by atoms with Crippen LogP contribution in [0.15, 0.2) is 10.2 Å². The monoisotopic (exact) mass is 276 g/mol. The molecule has 0 aromatic carbocycles. The predicted octanol–water partition coefficient (Wildman–Crippen LogP) is 4.29. The van der Waals surface area contributed by atoms with E-state index >= 15 is 0 Å². The van der Waals surface area contributed by atoms with Gasteiger partial charge in [0.1, 0.15) is 5.78 Å². The molecular formula is C13H20N6O. The molecule has 7 heteroatoms. The summed E-state index contributed by atoms with van der Waals surface area (Å²) in [5.41, 5.74) is 16.8. The quantitative estimate of drug-likeness (QED) is 0.425. The molecule has 0 spiro atoms. The maximum absolute atomic E-state index is 12.5. The number of nitrogens with zero attached hydrogens (tertiary/aromatic N) is 6. The lowest BCUT2D eigenvalue weighted by Gasteiger charge is -2.31. The van der Waals surface area contributed by atoms with Crippen molar-refractivity contribution in [1.82, 2.24) is 0 Å². The van der Waals surface area contributed by atoms with Crippen LogP contribution in [0.2, 0.25) is 0 Å². The first-order chi connectivity index (χ1) is 9.74. The number of ketones is 1. The van der Waals surface area contributed by atoms with E-state index in [0.29, 0.717) is 5.78 Å². The summed E-state index contributed by atoms with van der Waals surface area (Å²) < 4.78 is 0. The number of Topliss-reactive ketones (excluding diaryl/α,β-unsaturated/α-hetero) is 1. The Morgan fingerprint density at radius 1 is 0.750 bits per heavy atom. The minimum absolute atomic E-state index is 0.0738. The topological polar surface area (TPSA) is 115 Å². The summed E-state index contributed by atoms with van der Waals surface area (Å²) in [4.78, 5) is 18.2. The predicted molar refractivity (Wildman–Crippen MR) is 74.8 cm³/mol.